The van der Waals surface area contributed by atoms with E-state index >= 15 is 0 Å². The number of nitrogens with zero attached hydrogens (tertiary/aromatic N) is 4. The van der Waals surface area contributed by atoms with Crippen molar-refractivity contribution in [3.63, 3.8) is 0 Å². The zero-order valence-corrected chi connectivity index (χ0v) is 18.2. The van der Waals surface area contributed by atoms with Gasteiger partial charge in [0, 0.05) is 36.1 Å². The maximum absolute atomic E-state index is 11.8. The minimum atomic E-state index is -1.05. The highest BCUT2D eigenvalue weighted by molar-refractivity contribution is 5.72. The molecular weight excluding hydrogens is 398 g/mol. The third-order valence-electron chi connectivity index (χ3n) is 5.37. The van der Waals surface area contributed by atoms with E-state index in [0.29, 0.717) is 17.3 Å². The van der Waals surface area contributed by atoms with Gasteiger partial charge in [0.1, 0.15) is 17.2 Å². The molecule has 0 spiro atoms. The quantitative estimate of drug-likeness (QED) is 0.475. The standard InChI is InChI=1S/C21H29N7O3/c1-12(2)23-20(29)31-14-6-5-13(9-14)15-10-18(26-25-15)24-19-16-11-17(21(3,4)30)27-28(16)8-7-22-19/h7-8,10-14,30H,5-6,9H2,1-4H3,(H,23,29)(H2,22,24,25,26). The maximum Gasteiger partial charge on any atom is 0.407 e. The highest BCUT2D eigenvalue weighted by Gasteiger charge is 2.30. The molecule has 1 amide bonds. The van der Waals surface area contributed by atoms with Gasteiger partial charge >= 0.3 is 6.09 Å². The summed E-state index contributed by atoms with van der Waals surface area (Å²) >= 11 is 0. The monoisotopic (exact) mass is 427 g/mol. The zero-order valence-electron chi connectivity index (χ0n) is 18.2. The molecule has 1 saturated carbocycles. The first-order chi connectivity index (χ1) is 14.7. The summed E-state index contributed by atoms with van der Waals surface area (Å²) in [5.74, 6) is 1.49. The molecule has 0 radical (unpaired) electrons. The largest absolute Gasteiger partial charge is 0.446 e. The molecule has 3 aromatic rings. The van der Waals surface area contributed by atoms with Gasteiger partial charge in [-0.05, 0) is 53.0 Å². The normalized spacial score (nSPS) is 19.2. The van der Waals surface area contributed by atoms with E-state index in [4.69, 9.17) is 4.74 Å². The van der Waals surface area contributed by atoms with Crippen molar-refractivity contribution in [1.29, 1.82) is 0 Å². The number of anilines is 2. The van der Waals surface area contributed by atoms with Crippen molar-refractivity contribution in [3.05, 3.63) is 35.9 Å². The second kappa shape index (κ2) is 8.18. The van der Waals surface area contributed by atoms with E-state index in [2.05, 4.69) is 30.9 Å². The summed E-state index contributed by atoms with van der Waals surface area (Å²) < 4.78 is 7.19. The van der Waals surface area contributed by atoms with Crippen LogP contribution < -0.4 is 10.6 Å². The minimum Gasteiger partial charge on any atom is -0.446 e. The van der Waals surface area contributed by atoms with E-state index in [9.17, 15) is 9.90 Å². The van der Waals surface area contributed by atoms with Crippen molar-refractivity contribution in [1.82, 2.24) is 30.1 Å². The molecular formula is C21H29N7O3. The fourth-order valence-electron chi connectivity index (χ4n) is 3.80. The van der Waals surface area contributed by atoms with Gasteiger partial charge in [-0.1, -0.05) is 0 Å². The molecule has 0 aliphatic heterocycles. The molecule has 3 heterocycles. The number of ether oxygens (including phenoxy) is 1. The molecule has 10 heteroatoms. The Balaban J connectivity index is 1.43. The van der Waals surface area contributed by atoms with E-state index in [1.54, 1.807) is 30.8 Å². The van der Waals surface area contributed by atoms with Crippen LogP contribution in [0.3, 0.4) is 0 Å². The SMILES string of the molecule is CC(C)NC(=O)OC1CCC(c2cc(Nc3nccn4nc(C(C)(C)O)cc34)n[nH]2)C1. The van der Waals surface area contributed by atoms with Gasteiger partial charge in [-0.3, -0.25) is 5.10 Å². The smallest absolute Gasteiger partial charge is 0.407 e. The summed E-state index contributed by atoms with van der Waals surface area (Å²) in [5.41, 5.74) is 1.26. The molecule has 2 atom stereocenters. The van der Waals surface area contributed by atoms with Crippen molar-refractivity contribution in [2.45, 2.75) is 70.6 Å². The van der Waals surface area contributed by atoms with Crippen LogP contribution in [-0.4, -0.2) is 48.1 Å². The van der Waals surface area contributed by atoms with Crippen LogP contribution >= 0.6 is 0 Å². The number of amides is 1. The summed E-state index contributed by atoms with van der Waals surface area (Å²) in [5, 5.41) is 28.1. The molecule has 0 saturated heterocycles. The van der Waals surface area contributed by atoms with Gasteiger partial charge in [0.15, 0.2) is 11.6 Å². The van der Waals surface area contributed by atoms with Crippen molar-refractivity contribution in [3.8, 4) is 0 Å². The highest BCUT2D eigenvalue weighted by atomic mass is 16.6. The van der Waals surface area contributed by atoms with E-state index in [1.165, 1.54) is 0 Å². The fraction of sp³-hybridized carbons (Fsp3) is 0.524. The molecule has 1 aliphatic carbocycles. The van der Waals surface area contributed by atoms with E-state index in [0.717, 1.165) is 30.5 Å². The molecule has 3 aromatic heterocycles. The Hall–Kier alpha value is -3.14. The van der Waals surface area contributed by atoms with E-state index in [1.807, 2.05) is 26.0 Å². The number of nitrogens with one attached hydrogen (secondary N) is 3. The number of H-pyrrole nitrogens is 1. The van der Waals surface area contributed by atoms with Crippen LogP contribution in [-0.2, 0) is 10.3 Å². The Bertz CT molecular complexity index is 1070. The Kier molecular flexibility index (Phi) is 5.57. The lowest BCUT2D eigenvalue weighted by Gasteiger charge is -2.14. The van der Waals surface area contributed by atoms with Crippen LogP contribution in [0.5, 0.6) is 0 Å². The Morgan fingerprint density at radius 2 is 2.16 bits per heavy atom. The predicted molar refractivity (Wildman–Crippen MR) is 115 cm³/mol. The molecule has 2 unspecified atom stereocenters. The number of fused-ring (bicyclic) bond motifs is 1. The molecule has 0 aromatic carbocycles. The molecule has 1 aliphatic rings. The van der Waals surface area contributed by atoms with Crippen molar-refractivity contribution in [2.75, 3.05) is 5.32 Å². The van der Waals surface area contributed by atoms with Crippen LogP contribution in [0, 0.1) is 0 Å². The summed E-state index contributed by atoms with van der Waals surface area (Å²) in [6.45, 7) is 7.20. The summed E-state index contributed by atoms with van der Waals surface area (Å²) in [6, 6.07) is 3.82. The first kappa shape index (κ1) is 21.1. The lowest BCUT2D eigenvalue weighted by Crippen LogP contribution is -2.33. The third-order valence-corrected chi connectivity index (χ3v) is 5.37. The minimum absolute atomic E-state index is 0.0549. The van der Waals surface area contributed by atoms with Gasteiger partial charge < -0.3 is 20.5 Å². The van der Waals surface area contributed by atoms with E-state index in [-0.39, 0.29) is 24.2 Å². The topological polar surface area (TPSA) is 129 Å². The molecule has 166 valence electrons. The number of aromatic nitrogens is 5. The number of aromatic amines is 1. The first-order valence-corrected chi connectivity index (χ1v) is 10.6. The average molecular weight is 428 g/mol. The maximum atomic E-state index is 11.8. The third kappa shape index (κ3) is 4.79. The lowest BCUT2D eigenvalue weighted by atomic mass is 10.0. The van der Waals surface area contributed by atoms with Crippen LogP contribution in [0.1, 0.15) is 64.3 Å². The number of carbonyl (C=O) groups is 1. The van der Waals surface area contributed by atoms with Gasteiger partial charge in [-0.25, -0.2) is 14.3 Å². The number of hydrogen-bond acceptors (Lipinski definition) is 7. The van der Waals surface area contributed by atoms with Gasteiger partial charge in [0.05, 0.1) is 5.69 Å². The zero-order chi connectivity index (χ0) is 22.2. The lowest BCUT2D eigenvalue weighted by molar-refractivity contribution is 0.0735. The molecule has 4 N–H and O–H groups in total. The fourth-order valence-corrected chi connectivity index (χ4v) is 3.80. The summed E-state index contributed by atoms with van der Waals surface area (Å²) in [7, 11) is 0. The van der Waals surface area contributed by atoms with Crippen LogP contribution in [0.2, 0.25) is 0 Å². The van der Waals surface area contributed by atoms with Crippen LogP contribution in [0.15, 0.2) is 24.5 Å². The van der Waals surface area contributed by atoms with Crippen molar-refractivity contribution >= 4 is 23.2 Å². The van der Waals surface area contributed by atoms with E-state index < -0.39 is 5.60 Å². The number of aliphatic hydroxyl groups is 1. The van der Waals surface area contributed by atoms with Crippen molar-refractivity contribution in [2.24, 2.45) is 0 Å². The van der Waals surface area contributed by atoms with Gasteiger partial charge in [-0.15, -0.1) is 0 Å². The molecule has 0 bridgehead atoms. The molecule has 1 fully saturated rings. The number of alkyl carbamates (subject to hydrolysis) is 1. The predicted octanol–water partition coefficient (Wildman–Crippen LogP) is 3.19. The number of carbonyl (C=O) groups excluding carboxylic acids is 1. The molecule has 10 nitrogen and oxygen atoms in total. The second-order valence-electron chi connectivity index (χ2n) is 8.86. The highest BCUT2D eigenvalue weighted by Crippen LogP contribution is 2.36. The van der Waals surface area contributed by atoms with Crippen LogP contribution in [0.25, 0.3) is 5.52 Å². The summed E-state index contributed by atoms with van der Waals surface area (Å²) in [4.78, 5) is 16.2. The van der Waals surface area contributed by atoms with Crippen molar-refractivity contribution < 1.29 is 14.6 Å². The Labute approximate surface area is 180 Å². The molecule has 31 heavy (non-hydrogen) atoms. The van der Waals surface area contributed by atoms with Crippen LogP contribution in [0.4, 0.5) is 16.4 Å². The number of hydrogen-bond donors (Lipinski definition) is 4. The Morgan fingerprint density at radius 3 is 2.90 bits per heavy atom. The average Bonchev–Trinajstić information content (AvgIpc) is 3.39. The number of rotatable bonds is 6. The van der Waals surface area contributed by atoms with Gasteiger partial charge in [0.2, 0.25) is 0 Å². The Morgan fingerprint density at radius 1 is 1.35 bits per heavy atom. The summed E-state index contributed by atoms with van der Waals surface area (Å²) in [6.07, 6.45) is 5.44. The first-order valence-electron chi connectivity index (χ1n) is 10.6. The second-order valence-corrected chi connectivity index (χ2v) is 8.86. The van der Waals surface area contributed by atoms with Gasteiger partial charge in [-0.2, -0.15) is 10.2 Å². The van der Waals surface area contributed by atoms with Gasteiger partial charge in [0.25, 0.3) is 0 Å². The molecule has 4 rings (SSSR count).